The Hall–Kier alpha value is -4.06. The highest BCUT2D eigenvalue weighted by Crippen LogP contribution is 2.22. The van der Waals surface area contributed by atoms with Crippen molar-refractivity contribution in [3.05, 3.63) is 112 Å². The first-order valence-corrected chi connectivity index (χ1v) is 14.1. The van der Waals surface area contributed by atoms with E-state index < -0.39 is 15.9 Å². The molecule has 38 heavy (non-hydrogen) atoms. The van der Waals surface area contributed by atoms with Gasteiger partial charge in [-0.25, -0.2) is 18.8 Å². The Morgan fingerprint density at radius 3 is 2.61 bits per heavy atom. The van der Waals surface area contributed by atoms with Crippen LogP contribution in [0.5, 0.6) is 0 Å². The van der Waals surface area contributed by atoms with E-state index in [0.717, 1.165) is 16.1 Å². The Labute approximate surface area is 224 Å². The lowest BCUT2D eigenvalue weighted by Crippen LogP contribution is -2.30. The molecule has 0 bridgehead atoms. The molecule has 0 spiro atoms. The molecular formula is C27H25N5O4S2. The molecule has 5 rings (SSSR count). The summed E-state index contributed by atoms with van der Waals surface area (Å²) in [6, 6.07) is 19.5. The minimum atomic E-state index is -3.80. The molecule has 2 aromatic carbocycles. The van der Waals surface area contributed by atoms with Crippen molar-refractivity contribution in [1.82, 2.24) is 19.1 Å². The molecule has 11 heteroatoms. The fraction of sp³-hybridized carbons (Fsp3) is 0.148. The molecule has 0 radical (unpaired) electrons. The zero-order valence-corrected chi connectivity index (χ0v) is 22.4. The number of aromatic nitrogens is 2. The van der Waals surface area contributed by atoms with Crippen LogP contribution >= 0.6 is 11.3 Å². The maximum Gasteiger partial charge on any atom is 0.290 e. The van der Waals surface area contributed by atoms with Gasteiger partial charge in [-0.15, -0.1) is 11.3 Å². The van der Waals surface area contributed by atoms with Gasteiger partial charge in [0.1, 0.15) is 17.2 Å². The largest absolute Gasteiger partial charge is 0.459 e. The Kier molecular flexibility index (Phi) is 7.23. The molecule has 0 aliphatic carbocycles. The summed E-state index contributed by atoms with van der Waals surface area (Å²) in [7, 11) is -3.80. The normalized spacial score (nSPS) is 12.1. The third-order valence-electron chi connectivity index (χ3n) is 5.88. The van der Waals surface area contributed by atoms with E-state index in [1.807, 2.05) is 42.6 Å². The number of amides is 1. The Balaban J connectivity index is 1.32. The van der Waals surface area contributed by atoms with E-state index in [2.05, 4.69) is 15.5 Å². The molecule has 1 N–H and O–H groups in total. The second-order valence-corrected chi connectivity index (χ2v) is 11.5. The SMILES string of the molecule is Cc1ccc(S(=O)(=O)N(Cc2ccccc2)Cc2ccc(/C=N/NC(=O)c3c(C)nc4sccn34)o2)cc1. The van der Waals surface area contributed by atoms with E-state index in [0.29, 0.717) is 22.9 Å². The second kappa shape index (κ2) is 10.7. The second-order valence-electron chi connectivity index (χ2n) is 8.68. The quantitative estimate of drug-likeness (QED) is 0.211. The number of carbonyl (C=O) groups excluding carboxylic acids is 1. The van der Waals surface area contributed by atoms with Crippen LogP contribution in [0.4, 0.5) is 0 Å². The Morgan fingerprint density at radius 2 is 1.84 bits per heavy atom. The van der Waals surface area contributed by atoms with Gasteiger partial charge in [0, 0.05) is 18.1 Å². The summed E-state index contributed by atoms with van der Waals surface area (Å²) >= 11 is 1.44. The average molecular weight is 548 g/mol. The van der Waals surface area contributed by atoms with Crippen LogP contribution in [-0.4, -0.2) is 34.2 Å². The number of carbonyl (C=O) groups is 1. The first-order valence-electron chi connectivity index (χ1n) is 11.8. The van der Waals surface area contributed by atoms with Crippen LogP contribution in [0.25, 0.3) is 4.96 Å². The van der Waals surface area contributed by atoms with Crippen molar-refractivity contribution in [3.8, 4) is 0 Å². The van der Waals surface area contributed by atoms with Gasteiger partial charge in [0.25, 0.3) is 5.91 Å². The molecule has 3 heterocycles. The zero-order valence-electron chi connectivity index (χ0n) is 20.7. The first-order chi connectivity index (χ1) is 18.3. The molecule has 5 aromatic rings. The maximum atomic E-state index is 13.5. The number of hydrogen-bond acceptors (Lipinski definition) is 7. The summed E-state index contributed by atoms with van der Waals surface area (Å²) < 4.78 is 36.0. The number of imidazole rings is 1. The summed E-state index contributed by atoms with van der Waals surface area (Å²) in [6.07, 6.45) is 3.15. The molecule has 0 saturated heterocycles. The van der Waals surface area contributed by atoms with Gasteiger partial charge >= 0.3 is 0 Å². The number of rotatable bonds is 9. The summed E-state index contributed by atoms with van der Waals surface area (Å²) in [5.41, 5.74) is 5.35. The number of hydrazone groups is 1. The van der Waals surface area contributed by atoms with Gasteiger partial charge in [-0.1, -0.05) is 48.0 Å². The monoisotopic (exact) mass is 547 g/mol. The Bertz CT molecular complexity index is 1700. The smallest absolute Gasteiger partial charge is 0.290 e. The maximum absolute atomic E-state index is 13.5. The van der Waals surface area contributed by atoms with Gasteiger partial charge < -0.3 is 4.42 Å². The van der Waals surface area contributed by atoms with Crippen LogP contribution in [0.2, 0.25) is 0 Å². The van der Waals surface area contributed by atoms with Gasteiger partial charge in [0.2, 0.25) is 10.0 Å². The fourth-order valence-corrected chi connectivity index (χ4v) is 6.12. The topological polar surface area (TPSA) is 109 Å². The first kappa shape index (κ1) is 25.6. The van der Waals surface area contributed by atoms with Gasteiger partial charge in [0.05, 0.1) is 23.3 Å². The van der Waals surface area contributed by atoms with E-state index in [1.165, 1.54) is 21.9 Å². The van der Waals surface area contributed by atoms with Crippen LogP contribution in [0, 0.1) is 13.8 Å². The predicted molar refractivity (Wildman–Crippen MR) is 146 cm³/mol. The third-order valence-corrected chi connectivity index (χ3v) is 8.45. The van der Waals surface area contributed by atoms with E-state index in [1.54, 1.807) is 53.9 Å². The number of hydrogen-bond donors (Lipinski definition) is 1. The van der Waals surface area contributed by atoms with E-state index in [4.69, 9.17) is 4.42 Å². The van der Waals surface area contributed by atoms with Crippen molar-refractivity contribution in [2.24, 2.45) is 5.10 Å². The molecule has 0 aliphatic heterocycles. The molecule has 0 saturated carbocycles. The van der Waals surface area contributed by atoms with Gasteiger partial charge in [0.15, 0.2) is 4.96 Å². The fourth-order valence-electron chi connectivity index (χ4n) is 3.97. The van der Waals surface area contributed by atoms with Gasteiger partial charge in [-0.05, 0) is 43.7 Å². The number of aryl methyl sites for hydroxylation is 2. The molecule has 0 atom stereocenters. The van der Waals surface area contributed by atoms with Crippen molar-refractivity contribution in [3.63, 3.8) is 0 Å². The highest BCUT2D eigenvalue weighted by atomic mass is 32.2. The number of nitrogens with zero attached hydrogens (tertiary/aromatic N) is 4. The number of benzene rings is 2. The van der Waals surface area contributed by atoms with Gasteiger partial charge in [-0.2, -0.15) is 9.41 Å². The molecule has 0 aliphatic rings. The molecule has 9 nitrogen and oxygen atoms in total. The highest BCUT2D eigenvalue weighted by molar-refractivity contribution is 7.89. The molecule has 0 fully saturated rings. The van der Waals surface area contributed by atoms with Crippen LogP contribution in [0.3, 0.4) is 0 Å². The summed E-state index contributed by atoms with van der Waals surface area (Å²) in [4.78, 5) is 17.9. The molecule has 0 unspecified atom stereocenters. The summed E-state index contributed by atoms with van der Waals surface area (Å²) in [5, 5.41) is 5.86. The lowest BCUT2D eigenvalue weighted by molar-refractivity contribution is 0.0948. The Morgan fingerprint density at radius 1 is 1.08 bits per heavy atom. The predicted octanol–water partition coefficient (Wildman–Crippen LogP) is 4.76. The van der Waals surface area contributed by atoms with E-state index in [9.17, 15) is 13.2 Å². The number of furan rings is 1. The van der Waals surface area contributed by atoms with Crippen molar-refractivity contribution in [2.45, 2.75) is 31.8 Å². The molecule has 1 amide bonds. The summed E-state index contributed by atoms with van der Waals surface area (Å²) in [6.45, 7) is 3.88. The van der Waals surface area contributed by atoms with E-state index >= 15 is 0 Å². The summed E-state index contributed by atoms with van der Waals surface area (Å²) in [5.74, 6) is 0.420. The number of fused-ring (bicyclic) bond motifs is 1. The molecular weight excluding hydrogens is 522 g/mol. The van der Waals surface area contributed by atoms with E-state index in [-0.39, 0.29) is 18.0 Å². The van der Waals surface area contributed by atoms with Crippen molar-refractivity contribution >= 4 is 38.4 Å². The third kappa shape index (κ3) is 5.44. The van der Waals surface area contributed by atoms with Crippen molar-refractivity contribution in [1.29, 1.82) is 0 Å². The molecule has 194 valence electrons. The minimum absolute atomic E-state index is 0.0243. The van der Waals surface area contributed by atoms with Crippen LogP contribution in [-0.2, 0) is 23.1 Å². The zero-order chi connectivity index (χ0) is 26.7. The molecule has 3 aromatic heterocycles. The van der Waals surface area contributed by atoms with Crippen molar-refractivity contribution in [2.75, 3.05) is 0 Å². The van der Waals surface area contributed by atoms with Crippen LogP contribution in [0.1, 0.15) is 38.8 Å². The van der Waals surface area contributed by atoms with Crippen LogP contribution < -0.4 is 5.43 Å². The number of nitrogens with one attached hydrogen (secondary N) is 1. The lowest BCUT2D eigenvalue weighted by Gasteiger charge is -2.21. The average Bonchev–Trinajstić information content (AvgIpc) is 3.61. The number of thiazole rings is 1. The van der Waals surface area contributed by atoms with Crippen LogP contribution in [0.15, 0.2) is 92.7 Å². The highest BCUT2D eigenvalue weighted by Gasteiger charge is 2.26. The van der Waals surface area contributed by atoms with Gasteiger partial charge in [-0.3, -0.25) is 9.20 Å². The lowest BCUT2D eigenvalue weighted by atomic mass is 10.2. The minimum Gasteiger partial charge on any atom is -0.459 e. The van der Waals surface area contributed by atoms with Crippen molar-refractivity contribution < 1.29 is 17.6 Å². The number of sulfonamides is 1. The standard InChI is InChI=1S/C27H25N5O4S2/c1-19-8-12-24(13-9-19)38(34,35)31(17-21-6-4-3-5-7-21)18-23-11-10-22(36-23)16-28-30-26(33)25-20(2)29-27-32(25)14-15-37-27/h3-16H,17-18H2,1-2H3,(H,30,33)/b28-16+.